The number of amides is 2. The number of urea groups is 1. The zero-order valence-electron chi connectivity index (χ0n) is 11.5. The van der Waals surface area contributed by atoms with Crippen LogP contribution >= 0.6 is 11.8 Å². The number of carbonyl (C=O) groups is 2. The smallest absolute Gasteiger partial charge is 0.315 e. The maximum atomic E-state index is 11.6. The summed E-state index contributed by atoms with van der Waals surface area (Å²) in [6, 6.07) is 0.000824. The van der Waals surface area contributed by atoms with Gasteiger partial charge in [0.15, 0.2) is 0 Å². The lowest BCUT2D eigenvalue weighted by Gasteiger charge is -2.26. The maximum Gasteiger partial charge on any atom is 0.315 e. The molecule has 2 amide bonds. The van der Waals surface area contributed by atoms with Gasteiger partial charge in [-0.25, -0.2) is 4.79 Å². The minimum Gasteiger partial charge on any atom is -0.481 e. The molecule has 0 aromatic heterocycles. The number of rotatable bonds is 7. The van der Waals surface area contributed by atoms with Crippen LogP contribution in [0.1, 0.15) is 39.0 Å². The topological polar surface area (TPSA) is 78.4 Å². The Morgan fingerprint density at radius 2 is 1.95 bits per heavy atom. The predicted molar refractivity (Wildman–Crippen MR) is 77.5 cm³/mol. The molecule has 19 heavy (non-hydrogen) atoms. The summed E-state index contributed by atoms with van der Waals surface area (Å²) in [4.78, 5) is 22.4. The minimum absolute atomic E-state index is 0.125. The Bertz CT molecular complexity index is 292. The van der Waals surface area contributed by atoms with E-state index in [1.54, 1.807) is 0 Å². The van der Waals surface area contributed by atoms with Crippen molar-refractivity contribution in [2.75, 3.05) is 18.1 Å². The van der Waals surface area contributed by atoms with E-state index in [1.807, 2.05) is 11.8 Å². The molecule has 1 fully saturated rings. The van der Waals surface area contributed by atoms with Crippen LogP contribution in [-0.4, -0.2) is 41.2 Å². The molecule has 1 rings (SSSR count). The molecule has 0 saturated heterocycles. The average molecular weight is 288 g/mol. The highest BCUT2D eigenvalue weighted by Gasteiger charge is 2.26. The Hall–Kier alpha value is -0.910. The van der Waals surface area contributed by atoms with Gasteiger partial charge in [-0.15, -0.1) is 0 Å². The van der Waals surface area contributed by atoms with Crippen LogP contribution in [0.4, 0.5) is 4.79 Å². The minimum atomic E-state index is -0.712. The lowest BCUT2D eigenvalue weighted by Crippen LogP contribution is -2.44. The molecule has 0 aromatic rings. The van der Waals surface area contributed by atoms with E-state index >= 15 is 0 Å². The van der Waals surface area contributed by atoms with E-state index in [2.05, 4.69) is 17.6 Å². The Balaban J connectivity index is 2.08. The fraction of sp³-hybridized carbons (Fsp3) is 0.846. The molecule has 0 unspecified atom stereocenters. The Morgan fingerprint density at radius 3 is 2.53 bits per heavy atom. The normalized spacial score (nSPS) is 22.8. The summed E-state index contributed by atoms with van der Waals surface area (Å²) in [7, 11) is 0. The first-order valence-corrected chi connectivity index (χ1v) is 8.13. The zero-order chi connectivity index (χ0) is 14.1. The molecule has 6 heteroatoms. The molecule has 0 aromatic carbocycles. The van der Waals surface area contributed by atoms with Crippen molar-refractivity contribution in [1.29, 1.82) is 0 Å². The van der Waals surface area contributed by atoms with Gasteiger partial charge in [0.25, 0.3) is 0 Å². The Kier molecular flexibility index (Phi) is 7.70. The largest absolute Gasteiger partial charge is 0.481 e. The van der Waals surface area contributed by atoms with Crippen molar-refractivity contribution in [3.8, 4) is 0 Å². The van der Waals surface area contributed by atoms with E-state index < -0.39 is 5.97 Å². The van der Waals surface area contributed by atoms with E-state index in [4.69, 9.17) is 5.11 Å². The van der Waals surface area contributed by atoms with E-state index in [0.29, 0.717) is 19.4 Å². The van der Waals surface area contributed by atoms with Gasteiger partial charge in [-0.2, -0.15) is 11.8 Å². The van der Waals surface area contributed by atoms with Crippen molar-refractivity contribution < 1.29 is 14.7 Å². The molecule has 0 bridgehead atoms. The average Bonchev–Trinajstić information content (AvgIpc) is 2.39. The maximum absolute atomic E-state index is 11.6. The van der Waals surface area contributed by atoms with Gasteiger partial charge in [-0.1, -0.05) is 6.92 Å². The highest BCUT2D eigenvalue weighted by Crippen LogP contribution is 2.24. The number of carbonyl (C=O) groups excluding carboxylic acids is 1. The molecule has 1 saturated carbocycles. The molecular weight excluding hydrogens is 264 g/mol. The van der Waals surface area contributed by atoms with Crippen LogP contribution in [0.2, 0.25) is 0 Å². The second kappa shape index (κ2) is 9.07. The standard InChI is InChI=1S/C13H24N2O3S/c1-2-19-9-3-8-14-13(18)15-11-6-4-10(5-7-11)12(16)17/h10-11H,2-9H2,1H3,(H,16,17)(H2,14,15,18). The van der Waals surface area contributed by atoms with Crippen LogP contribution in [-0.2, 0) is 4.79 Å². The third-order valence-corrected chi connectivity index (χ3v) is 4.35. The van der Waals surface area contributed by atoms with Crippen molar-refractivity contribution in [2.24, 2.45) is 5.92 Å². The van der Waals surface area contributed by atoms with E-state index in [9.17, 15) is 9.59 Å². The first kappa shape index (κ1) is 16.1. The molecule has 0 spiro atoms. The highest BCUT2D eigenvalue weighted by atomic mass is 32.2. The molecular formula is C13H24N2O3S. The van der Waals surface area contributed by atoms with Crippen molar-refractivity contribution in [2.45, 2.75) is 45.1 Å². The van der Waals surface area contributed by atoms with Gasteiger partial charge in [0, 0.05) is 12.6 Å². The SMILES string of the molecule is CCSCCCNC(=O)NC1CCC(C(=O)O)CC1. The number of hydrogen-bond donors (Lipinski definition) is 3. The van der Waals surface area contributed by atoms with Crippen LogP contribution in [0, 0.1) is 5.92 Å². The summed E-state index contributed by atoms with van der Waals surface area (Å²) in [6.07, 6.45) is 3.82. The molecule has 0 atom stereocenters. The summed E-state index contributed by atoms with van der Waals surface area (Å²) in [5, 5.41) is 14.7. The lowest BCUT2D eigenvalue weighted by atomic mass is 9.86. The third-order valence-electron chi connectivity index (χ3n) is 3.37. The van der Waals surface area contributed by atoms with Crippen molar-refractivity contribution in [3.63, 3.8) is 0 Å². The third kappa shape index (κ3) is 6.71. The van der Waals surface area contributed by atoms with Crippen LogP contribution in [0.25, 0.3) is 0 Å². The summed E-state index contributed by atoms with van der Waals surface area (Å²) >= 11 is 1.87. The molecule has 0 radical (unpaired) electrons. The Labute approximate surface area is 118 Å². The molecule has 3 N–H and O–H groups in total. The van der Waals surface area contributed by atoms with E-state index in [-0.39, 0.29) is 18.0 Å². The van der Waals surface area contributed by atoms with Gasteiger partial charge in [-0.05, 0) is 43.6 Å². The van der Waals surface area contributed by atoms with Gasteiger partial charge >= 0.3 is 12.0 Å². The van der Waals surface area contributed by atoms with Crippen molar-refractivity contribution in [3.05, 3.63) is 0 Å². The number of carboxylic acid groups (broad SMARTS) is 1. The van der Waals surface area contributed by atoms with Crippen molar-refractivity contribution in [1.82, 2.24) is 10.6 Å². The molecule has 0 heterocycles. The fourth-order valence-electron chi connectivity index (χ4n) is 2.24. The monoisotopic (exact) mass is 288 g/mol. The number of aliphatic carboxylic acids is 1. The van der Waals surface area contributed by atoms with Crippen LogP contribution in [0.5, 0.6) is 0 Å². The van der Waals surface area contributed by atoms with Crippen LogP contribution < -0.4 is 10.6 Å². The summed E-state index contributed by atoms with van der Waals surface area (Å²) < 4.78 is 0. The Morgan fingerprint density at radius 1 is 1.26 bits per heavy atom. The lowest BCUT2D eigenvalue weighted by molar-refractivity contribution is -0.142. The number of thioether (sulfide) groups is 1. The predicted octanol–water partition coefficient (Wildman–Crippen LogP) is 2.07. The number of carboxylic acids is 1. The summed E-state index contributed by atoms with van der Waals surface area (Å²) in [5.41, 5.74) is 0. The van der Waals surface area contributed by atoms with Crippen LogP contribution in [0.15, 0.2) is 0 Å². The first-order valence-electron chi connectivity index (χ1n) is 6.98. The molecule has 5 nitrogen and oxygen atoms in total. The van der Waals surface area contributed by atoms with E-state index in [1.165, 1.54) is 0 Å². The first-order chi connectivity index (χ1) is 9.13. The summed E-state index contributed by atoms with van der Waals surface area (Å²) in [5.74, 6) is 1.24. The molecule has 110 valence electrons. The van der Waals surface area contributed by atoms with Gasteiger partial charge in [0.2, 0.25) is 0 Å². The molecule has 1 aliphatic carbocycles. The van der Waals surface area contributed by atoms with E-state index in [0.717, 1.165) is 30.8 Å². The zero-order valence-corrected chi connectivity index (χ0v) is 12.3. The highest BCUT2D eigenvalue weighted by molar-refractivity contribution is 7.99. The van der Waals surface area contributed by atoms with Gasteiger partial charge in [-0.3, -0.25) is 4.79 Å². The van der Waals surface area contributed by atoms with Crippen molar-refractivity contribution >= 4 is 23.8 Å². The molecule has 0 aliphatic heterocycles. The molecule has 1 aliphatic rings. The summed E-state index contributed by atoms with van der Waals surface area (Å²) in [6.45, 7) is 2.82. The fourth-order valence-corrected chi connectivity index (χ4v) is 2.88. The number of hydrogen-bond acceptors (Lipinski definition) is 3. The number of nitrogens with one attached hydrogen (secondary N) is 2. The second-order valence-corrected chi connectivity index (χ2v) is 6.23. The van der Waals surface area contributed by atoms with Gasteiger partial charge in [0.1, 0.15) is 0 Å². The quantitative estimate of drug-likeness (QED) is 0.627. The second-order valence-electron chi connectivity index (χ2n) is 4.84. The van der Waals surface area contributed by atoms with Gasteiger partial charge < -0.3 is 15.7 Å². The van der Waals surface area contributed by atoms with Crippen LogP contribution in [0.3, 0.4) is 0 Å². The van der Waals surface area contributed by atoms with Gasteiger partial charge in [0.05, 0.1) is 5.92 Å².